The highest BCUT2D eigenvalue weighted by Crippen LogP contribution is 2.39. The number of alkyl halides is 7. The van der Waals surface area contributed by atoms with Gasteiger partial charge in [-0.2, -0.15) is 30.4 Å². The lowest BCUT2D eigenvalue weighted by Crippen LogP contribution is -2.42. The Morgan fingerprint density at radius 1 is 0.867 bits per heavy atom. The SMILES string of the molecule is FC(F)C(F)(F)C(F)(F)F.O=S(=O)(F)F. The molecule has 0 fully saturated rings. The number of hydrogen-bond donors (Lipinski definition) is 0. The summed E-state index contributed by atoms with van der Waals surface area (Å²) in [5, 5.41) is 0. The molecule has 0 spiro atoms. The fourth-order valence-corrected chi connectivity index (χ4v) is 0.124. The molecule has 2 nitrogen and oxygen atoms in total. The van der Waals surface area contributed by atoms with Crippen LogP contribution in [0.25, 0.3) is 0 Å². The molecule has 94 valence electrons. The first-order valence-corrected chi connectivity index (χ1v) is 3.85. The van der Waals surface area contributed by atoms with E-state index in [2.05, 4.69) is 0 Å². The van der Waals surface area contributed by atoms with Crippen molar-refractivity contribution >= 4 is 10.6 Å². The molecule has 0 N–H and O–H groups in total. The molecule has 0 aromatic rings. The van der Waals surface area contributed by atoms with E-state index in [0.29, 0.717) is 0 Å². The normalized spacial score (nSPS) is 13.5. The lowest BCUT2D eigenvalue weighted by molar-refractivity contribution is -0.320. The van der Waals surface area contributed by atoms with E-state index in [1.165, 1.54) is 0 Å². The Kier molecular flexibility index (Phi) is 5.46. The summed E-state index contributed by atoms with van der Waals surface area (Å²) in [6.45, 7) is 0. The zero-order chi connectivity index (χ0) is 13.1. The van der Waals surface area contributed by atoms with E-state index in [-0.39, 0.29) is 0 Å². The van der Waals surface area contributed by atoms with E-state index < -0.39 is 29.1 Å². The van der Waals surface area contributed by atoms with Crippen LogP contribution in [-0.4, -0.2) is 26.9 Å². The van der Waals surface area contributed by atoms with Gasteiger partial charge >= 0.3 is 29.1 Å². The molecule has 0 aromatic carbocycles. The molecule has 0 amide bonds. The summed E-state index contributed by atoms with van der Waals surface area (Å²) in [4.78, 5) is 0. The summed E-state index contributed by atoms with van der Waals surface area (Å²) in [7, 11) is -5.67. The van der Waals surface area contributed by atoms with E-state index in [4.69, 9.17) is 8.42 Å². The molecule has 0 aliphatic rings. The molecule has 0 saturated carbocycles. The van der Waals surface area contributed by atoms with Gasteiger partial charge in [-0.25, -0.2) is 8.78 Å². The molecule has 0 heterocycles. The monoisotopic (exact) mass is 272 g/mol. The predicted molar refractivity (Wildman–Crippen MR) is 28.1 cm³/mol. The van der Waals surface area contributed by atoms with Crippen molar-refractivity contribution in [2.45, 2.75) is 18.5 Å². The first kappa shape index (κ1) is 16.7. The van der Waals surface area contributed by atoms with Crippen LogP contribution in [-0.2, 0) is 10.6 Å². The van der Waals surface area contributed by atoms with Gasteiger partial charge in [-0.1, -0.05) is 7.77 Å². The van der Waals surface area contributed by atoms with E-state index in [1.807, 2.05) is 0 Å². The lowest BCUT2D eigenvalue weighted by atomic mass is 10.3. The number of halogens is 9. The molecule has 0 bridgehead atoms. The van der Waals surface area contributed by atoms with Crippen LogP contribution < -0.4 is 0 Å². The van der Waals surface area contributed by atoms with Crippen molar-refractivity contribution in [2.24, 2.45) is 0 Å². The number of hydrogen-bond acceptors (Lipinski definition) is 2. The van der Waals surface area contributed by atoms with E-state index in [9.17, 15) is 38.5 Å². The maximum absolute atomic E-state index is 11.2. The summed E-state index contributed by atoms with van der Waals surface area (Å²) in [5.41, 5.74) is 0. The Hall–Kier alpha value is -0.680. The first-order valence-electron chi connectivity index (χ1n) is 2.56. The van der Waals surface area contributed by atoms with Gasteiger partial charge in [0.2, 0.25) is 0 Å². The summed E-state index contributed by atoms with van der Waals surface area (Å²) in [5.74, 6) is -5.90. The Morgan fingerprint density at radius 3 is 1.07 bits per heavy atom. The molecule has 0 rings (SSSR count). The van der Waals surface area contributed by atoms with Gasteiger partial charge in [-0.15, -0.1) is 0 Å². The van der Waals surface area contributed by atoms with Crippen LogP contribution in [0.2, 0.25) is 0 Å². The van der Waals surface area contributed by atoms with Crippen LogP contribution >= 0.6 is 0 Å². The predicted octanol–water partition coefficient (Wildman–Crippen LogP) is 2.62. The van der Waals surface area contributed by atoms with Crippen LogP contribution in [0.15, 0.2) is 0 Å². The Morgan fingerprint density at radius 2 is 1.07 bits per heavy atom. The zero-order valence-electron chi connectivity index (χ0n) is 6.20. The van der Waals surface area contributed by atoms with Crippen molar-refractivity contribution in [1.82, 2.24) is 0 Å². The van der Waals surface area contributed by atoms with E-state index in [1.54, 1.807) is 0 Å². The summed E-state index contributed by atoms with van der Waals surface area (Å²) in [6, 6.07) is 0. The van der Waals surface area contributed by atoms with Crippen LogP contribution in [0.4, 0.5) is 38.5 Å². The van der Waals surface area contributed by atoms with Crippen LogP contribution in [0.5, 0.6) is 0 Å². The maximum Gasteiger partial charge on any atom is 0.476 e. The van der Waals surface area contributed by atoms with Crippen LogP contribution in [0.1, 0.15) is 0 Å². The van der Waals surface area contributed by atoms with Crippen molar-refractivity contribution in [3.05, 3.63) is 0 Å². The van der Waals surface area contributed by atoms with Crippen molar-refractivity contribution in [3.63, 3.8) is 0 Å². The van der Waals surface area contributed by atoms with Gasteiger partial charge in [0.05, 0.1) is 0 Å². The summed E-state index contributed by atoms with van der Waals surface area (Å²) in [6.07, 6.45) is -10.9. The molecule has 0 unspecified atom stereocenters. The van der Waals surface area contributed by atoms with Gasteiger partial charge in [-0.05, 0) is 0 Å². The third-order valence-corrected chi connectivity index (χ3v) is 0.652. The number of rotatable bonds is 1. The highest BCUT2D eigenvalue weighted by Gasteiger charge is 2.64. The largest absolute Gasteiger partial charge is 0.476 e. The first-order chi connectivity index (χ1) is 6.19. The van der Waals surface area contributed by atoms with Crippen molar-refractivity contribution in [3.8, 4) is 0 Å². The van der Waals surface area contributed by atoms with E-state index >= 15 is 0 Å². The fourth-order valence-electron chi connectivity index (χ4n) is 0.124. The molecule has 0 radical (unpaired) electrons. The quantitative estimate of drug-likeness (QED) is 0.543. The second-order valence-electron chi connectivity index (χ2n) is 1.80. The van der Waals surface area contributed by atoms with Gasteiger partial charge in [0, 0.05) is 0 Å². The summed E-state index contributed by atoms with van der Waals surface area (Å²) < 4.78 is 113. The maximum atomic E-state index is 11.2. The third kappa shape index (κ3) is 8.32. The highest BCUT2D eigenvalue weighted by molar-refractivity contribution is 7.81. The average molecular weight is 272 g/mol. The minimum atomic E-state index is -6.17. The molecular formula is C3HF9O2S. The van der Waals surface area contributed by atoms with Crippen molar-refractivity contribution < 1.29 is 46.9 Å². The van der Waals surface area contributed by atoms with Gasteiger partial charge in [-0.3, -0.25) is 0 Å². The second-order valence-corrected chi connectivity index (χ2v) is 2.56. The molecule has 12 heteroatoms. The minimum absolute atomic E-state index is 4.70. The minimum Gasteiger partial charge on any atom is -0.203 e. The molecular weight excluding hydrogens is 271 g/mol. The smallest absolute Gasteiger partial charge is 0.203 e. The van der Waals surface area contributed by atoms with Crippen molar-refractivity contribution in [1.29, 1.82) is 0 Å². The standard InChI is InChI=1S/C3HF7.F2O2S/c4-1(5)2(6,7)3(8,9)10;1-5(2,3)4/h1H;. The Bertz CT molecular complexity index is 268. The molecule has 0 atom stereocenters. The van der Waals surface area contributed by atoms with Crippen molar-refractivity contribution in [2.75, 3.05) is 0 Å². The van der Waals surface area contributed by atoms with Gasteiger partial charge in [0.25, 0.3) is 0 Å². The molecule has 0 aromatic heterocycles. The van der Waals surface area contributed by atoms with E-state index in [0.717, 1.165) is 0 Å². The Labute approximate surface area is 77.2 Å². The van der Waals surface area contributed by atoms with Crippen LogP contribution in [0, 0.1) is 0 Å². The summed E-state index contributed by atoms with van der Waals surface area (Å²) >= 11 is 0. The molecule has 0 aliphatic heterocycles. The van der Waals surface area contributed by atoms with Crippen LogP contribution in [0.3, 0.4) is 0 Å². The Balaban J connectivity index is 0. The molecule has 0 saturated heterocycles. The van der Waals surface area contributed by atoms with Gasteiger partial charge < -0.3 is 0 Å². The zero-order valence-corrected chi connectivity index (χ0v) is 7.02. The highest BCUT2D eigenvalue weighted by atomic mass is 32.3. The lowest BCUT2D eigenvalue weighted by Gasteiger charge is -2.17. The second kappa shape index (κ2) is 4.90. The molecule has 15 heavy (non-hydrogen) atoms. The van der Waals surface area contributed by atoms with Gasteiger partial charge in [0.15, 0.2) is 0 Å². The topological polar surface area (TPSA) is 34.1 Å². The van der Waals surface area contributed by atoms with Gasteiger partial charge in [0.1, 0.15) is 0 Å². The third-order valence-electron chi connectivity index (χ3n) is 0.652. The average Bonchev–Trinajstić information content (AvgIpc) is 1.79. The molecule has 0 aliphatic carbocycles. The fraction of sp³-hybridized carbons (Fsp3) is 1.00.